The Labute approximate surface area is 78.1 Å². The summed E-state index contributed by atoms with van der Waals surface area (Å²) in [5.41, 5.74) is 4.97. The van der Waals surface area contributed by atoms with Crippen molar-refractivity contribution in [1.29, 1.82) is 0 Å². The second kappa shape index (κ2) is 2.83. The van der Waals surface area contributed by atoms with Gasteiger partial charge >= 0.3 is 5.69 Å². The maximum atomic E-state index is 11.3. The summed E-state index contributed by atoms with van der Waals surface area (Å²) >= 11 is 0. The summed E-state index contributed by atoms with van der Waals surface area (Å²) in [6.07, 6.45) is 0.975. The van der Waals surface area contributed by atoms with E-state index in [2.05, 4.69) is 9.97 Å². The predicted molar refractivity (Wildman–Crippen MR) is 47.9 cm³/mol. The van der Waals surface area contributed by atoms with Crippen molar-refractivity contribution in [2.75, 3.05) is 0 Å². The van der Waals surface area contributed by atoms with E-state index in [1.54, 1.807) is 0 Å². The van der Waals surface area contributed by atoms with Gasteiger partial charge in [0.1, 0.15) is 0 Å². The Kier molecular flexibility index (Phi) is 1.77. The Bertz CT molecular complexity index is 499. The smallest absolute Gasteiger partial charge is 0.325 e. The third-order valence-electron chi connectivity index (χ3n) is 2.45. The SMILES string of the molecule is NC(=O)C1CCc2c1[nH]c(=O)[nH]c2=O. The second-order valence-electron chi connectivity index (χ2n) is 3.29. The number of fused-ring (bicyclic) bond motifs is 1. The molecule has 0 saturated carbocycles. The molecule has 0 aromatic carbocycles. The zero-order chi connectivity index (χ0) is 10.3. The quantitative estimate of drug-likeness (QED) is 0.511. The normalized spacial score (nSPS) is 19.3. The molecule has 1 aliphatic rings. The average Bonchev–Trinajstić information content (AvgIpc) is 2.47. The van der Waals surface area contributed by atoms with E-state index in [1.807, 2.05) is 0 Å². The van der Waals surface area contributed by atoms with Gasteiger partial charge in [0, 0.05) is 11.3 Å². The van der Waals surface area contributed by atoms with Crippen LogP contribution in [0.3, 0.4) is 0 Å². The number of hydrogen-bond donors (Lipinski definition) is 3. The average molecular weight is 195 g/mol. The van der Waals surface area contributed by atoms with Gasteiger partial charge in [0.25, 0.3) is 5.56 Å². The molecule has 0 fully saturated rings. The summed E-state index contributed by atoms with van der Waals surface area (Å²) < 4.78 is 0. The van der Waals surface area contributed by atoms with Crippen molar-refractivity contribution in [3.05, 3.63) is 32.1 Å². The molecule has 2 rings (SSSR count). The van der Waals surface area contributed by atoms with Gasteiger partial charge in [-0.3, -0.25) is 14.6 Å². The van der Waals surface area contributed by atoms with Crippen LogP contribution in [-0.4, -0.2) is 15.9 Å². The van der Waals surface area contributed by atoms with Crippen LogP contribution in [0.5, 0.6) is 0 Å². The van der Waals surface area contributed by atoms with E-state index in [0.717, 1.165) is 0 Å². The Hall–Kier alpha value is -1.85. The standard InChI is InChI=1S/C8H9N3O3/c9-6(12)3-1-2-4-5(3)10-8(14)11-7(4)13/h3H,1-2H2,(H2,9,12)(H2,10,11,13,14). The number of H-pyrrole nitrogens is 2. The Morgan fingerprint density at radius 3 is 2.71 bits per heavy atom. The largest absolute Gasteiger partial charge is 0.369 e. The van der Waals surface area contributed by atoms with Gasteiger partial charge in [-0.1, -0.05) is 0 Å². The molecule has 0 bridgehead atoms. The third kappa shape index (κ3) is 1.15. The molecule has 0 spiro atoms. The number of rotatable bonds is 1. The highest BCUT2D eigenvalue weighted by Crippen LogP contribution is 2.27. The van der Waals surface area contributed by atoms with E-state index in [0.29, 0.717) is 24.1 Å². The molecule has 1 aromatic rings. The molecule has 4 N–H and O–H groups in total. The lowest BCUT2D eigenvalue weighted by atomic mass is 10.1. The van der Waals surface area contributed by atoms with Gasteiger partial charge in [0.15, 0.2) is 0 Å². The maximum Gasteiger partial charge on any atom is 0.325 e. The van der Waals surface area contributed by atoms with E-state index < -0.39 is 23.1 Å². The molecule has 6 nitrogen and oxygen atoms in total. The summed E-state index contributed by atoms with van der Waals surface area (Å²) in [7, 11) is 0. The first-order valence-electron chi connectivity index (χ1n) is 4.24. The summed E-state index contributed by atoms with van der Waals surface area (Å²) in [6, 6.07) is 0. The first kappa shape index (κ1) is 8.74. The van der Waals surface area contributed by atoms with Crippen molar-refractivity contribution in [1.82, 2.24) is 9.97 Å². The minimum Gasteiger partial charge on any atom is -0.369 e. The van der Waals surface area contributed by atoms with Crippen LogP contribution in [0.15, 0.2) is 9.59 Å². The first-order chi connectivity index (χ1) is 6.59. The van der Waals surface area contributed by atoms with Gasteiger partial charge in [-0.15, -0.1) is 0 Å². The van der Waals surface area contributed by atoms with E-state index in [4.69, 9.17) is 5.73 Å². The molecule has 1 atom stereocenters. The number of primary amides is 1. The highest BCUT2D eigenvalue weighted by Gasteiger charge is 2.29. The molecular weight excluding hydrogens is 186 g/mol. The minimum atomic E-state index is -0.595. The summed E-state index contributed by atoms with van der Waals surface area (Å²) in [5, 5.41) is 0. The second-order valence-corrected chi connectivity index (χ2v) is 3.29. The molecule has 6 heteroatoms. The van der Waals surface area contributed by atoms with Gasteiger partial charge < -0.3 is 10.7 Å². The van der Waals surface area contributed by atoms with Crippen LogP contribution in [0.25, 0.3) is 0 Å². The zero-order valence-electron chi connectivity index (χ0n) is 7.29. The summed E-state index contributed by atoms with van der Waals surface area (Å²) in [5.74, 6) is -1.04. The van der Waals surface area contributed by atoms with E-state index in [1.165, 1.54) is 0 Å². The first-order valence-corrected chi connectivity index (χ1v) is 4.24. The highest BCUT2D eigenvalue weighted by molar-refractivity contribution is 5.82. The van der Waals surface area contributed by atoms with Gasteiger partial charge in [-0.2, -0.15) is 0 Å². The summed E-state index contributed by atoms with van der Waals surface area (Å²) in [6.45, 7) is 0. The lowest BCUT2D eigenvalue weighted by Crippen LogP contribution is -2.28. The zero-order valence-corrected chi connectivity index (χ0v) is 7.29. The number of aromatic amines is 2. The topological polar surface area (TPSA) is 109 Å². The van der Waals surface area contributed by atoms with Crippen LogP contribution in [0, 0.1) is 0 Å². The highest BCUT2D eigenvalue weighted by atomic mass is 16.2. The molecule has 1 unspecified atom stereocenters. The van der Waals surface area contributed by atoms with Crippen LogP contribution >= 0.6 is 0 Å². The van der Waals surface area contributed by atoms with Crippen molar-refractivity contribution in [3.8, 4) is 0 Å². The molecule has 1 aromatic heterocycles. The molecule has 1 aliphatic carbocycles. The van der Waals surface area contributed by atoms with Crippen LogP contribution in [0.2, 0.25) is 0 Å². The van der Waals surface area contributed by atoms with Gasteiger partial charge in [-0.05, 0) is 12.8 Å². The van der Waals surface area contributed by atoms with Crippen molar-refractivity contribution >= 4 is 5.91 Å². The van der Waals surface area contributed by atoms with E-state index >= 15 is 0 Å². The fraction of sp³-hybridized carbons (Fsp3) is 0.375. The lowest BCUT2D eigenvalue weighted by molar-refractivity contribution is -0.119. The fourth-order valence-corrected chi connectivity index (χ4v) is 1.79. The molecular formula is C8H9N3O3. The van der Waals surface area contributed by atoms with Crippen molar-refractivity contribution < 1.29 is 4.79 Å². The number of hydrogen-bond acceptors (Lipinski definition) is 3. The summed E-state index contributed by atoms with van der Waals surface area (Å²) in [4.78, 5) is 37.8. The van der Waals surface area contributed by atoms with Crippen molar-refractivity contribution in [3.63, 3.8) is 0 Å². The fourth-order valence-electron chi connectivity index (χ4n) is 1.79. The molecule has 1 heterocycles. The van der Waals surface area contributed by atoms with Gasteiger partial charge in [0.05, 0.1) is 5.92 Å². The number of amides is 1. The Morgan fingerprint density at radius 2 is 2.07 bits per heavy atom. The van der Waals surface area contributed by atoms with Gasteiger partial charge in [-0.25, -0.2) is 4.79 Å². The number of carbonyl (C=O) groups excluding carboxylic acids is 1. The Balaban J connectivity index is 2.66. The van der Waals surface area contributed by atoms with Crippen LogP contribution in [-0.2, 0) is 11.2 Å². The number of aromatic nitrogens is 2. The van der Waals surface area contributed by atoms with Crippen LogP contribution < -0.4 is 17.0 Å². The van der Waals surface area contributed by atoms with E-state index in [9.17, 15) is 14.4 Å². The minimum absolute atomic E-state index is 0.381. The van der Waals surface area contributed by atoms with Gasteiger partial charge in [0.2, 0.25) is 5.91 Å². The molecule has 0 radical (unpaired) electrons. The number of nitrogens with one attached hydrogen (secondary N) is 2. The molecule has 0 saturated heterocycles. The van der Waals surface area contributed by atoms with Crippen LogP contribution in [0.4, 0.5) is 0 Å². The predicted octanol–water partition coefficient (Wildman–Crippen LogP) is -1.42. The van der Waals surface area contributed by atoms with E-state index in [-0.39, 0.29) is 0 Å². The maximum absolute atomic E-state index is 11.3. The molecule has 74 valence electrons. The molecule has 14 heavy (non-hydrogen) atoms. The number of carbonyl (C=O) groups is 1. The van der Waals surface area contributed by atoms with Crippen LogP contribution in [0.1, 0.15) is 23.6 Å². The van der Waals surface area contributed by atoms with Crippen molar-refractivity contribution in [2.24, 2.45) is 5.73 Å². The lowest BCUT2D eigenvalue weighted by Gasteiger charge is -2.04. The third-order valence-corrected chi connectivity index (χ3v) is 2.45. The van der Waals surface area contributed by atoms with Crippen molar-refractivity contribution in [2.45, 2.75) is 18.8 Å². The molecule has 0 aliphatic heterocycles. The molecule has 1 amide bonds. The monoisotopic (exact) mass is 195 g/mol. The number of nitrogens with two attached hydrogens (primary N) is 1. The Morgan fingerprint density at radius 1 is 1.36 bits per heavy atom.